The van der Waals surface area contributed by atoms with Crippen LogP contribution in [0.1, 0.15) is 34.8 Å². The van der Waals surface area contributed by atoms with Crippen LogP contribution in [0.25, 0.3) is 0 Å². The third kappa shape index (κ3) is 4.35. The summed E-state index contributed by atoms with van der Waals surface area (Å²) in [7, 11) is 2.05. The summed E-state index contributed by atoms with van der Waals surface area (Å²) in [5, 5.41) is 0. The predicted octanol–water partition coefficient (Wildman–Crippen LogP) is 3.30. The number of rotatable bonds is 5. The minimum Gasteiger partial charge on any atom is -0.333 e. The number of ketones is 1. The number of hydrogen-bond donors (Lipinski definition) is 0. The number of nitrogens with zero attached hydrogens (tertiary/aromatic N) is 2. The molecule has 1 atom stereocenters. The third-order valence-electron chi connectivity index (χ3n) is 4.82. The normalized spacial score (nSPS) is 17.9. The van der Waals surface area contributed by atoms with Crippen LogP contribution in [0.2, 0.25) is 0 Å². The molecule has 2 aromatic carbocycles. The van der Waals surface area contributed by atoms with Crippen molar-refractivity contribution in [2.45, 2.75) is 18.9 Å². The first-order valence-corrected chi connectivity index (χ1v) is 8.86. The van der Waals surface area contributed by atoms with E-state index in [1.807, 2.05) is 35.2 Å². The SMILES string of the molecule is CN1CCN(C(=O)CCC(=O)c2ccc(F)cc2)[C@@H](c2ccccc2)C1. The van der Waals surface area contributed by atoms with Gasteiger partial charge in [0.1, 0.15) is 5.82 Å². The maximum atomic E-state index is 13.0. The molecule has 1 fully saturated rings. The highest BCUT2D eigenvalue weighted by molar-refractivity contribution is 5.97. The van der Waals surface area contributed by atoms with E-state index < -0.39 is 0 Å². The molecule has 136 valence electrons. The Labute approximate surface area is 153 Å². The van der Waals surface area contributed by atoms with E-state index >= 15 is 0 Å². The summed E-state index contributed by atoms with van der Waals surface area (Å²) in [4.78, 5) is 29.1. The second-order valence-corrected chi connectivity index (χ2v) is 6.71. The quantitative estimate of drug-likeness (QED) is 0.774. The molecule has 1 heterocycles. The van der Waals surface area contributed by atoms with Crippen molar-refractivity contribution in [3.63, 3.8) is 0 Å². The average molecular weight is 354 g/mol. The lowest BCUT2D eigenvalue weighted by molar-refractivity contribution is -0.136. The molecule has 26 heavy (non-hydrogen) atoms. The van der Waals surface area contributed by atoms with Crippen molar-refractivity contribution in [2.24, 2.45) is 0 Å². The van der Waals surface area contributed by atoms with Crippen LogP contribution in [0.4, 0.5) is 4.39 Å². The number of piperazine rings is 1. The smallest absolute Gasteiger partial charge is 0.223 e. The van der Waals surface area contributed by atoms with Gasteiger partial charge >= 0.3 is 0 Å². The van der Waals surface area contributed by atoms with Gasteiger partial charge in [0.05, 0.1) is 6.04 Å². The van der Waals surface area contributed by atoms with Crippen LogP contribution in [0.15, 0.2) is 54.6 Å². The summed E-state index contributed by atoms with van der Waals surface area (Å²) < 4.78 is 13.0. The van der Waals surface area contributed by atoms with Gasteiger partial charge in [-0.3, -0.25) is 9.59 Å². The fourth-order valence-corrected chi connectivity index (χ4v) is 3.32. The minimum atomic E-state index is -0.374. The Balaban J connectivity index is 1.65. The largest absolute Gasteiger partial charge is 0.333 e. The highest BCUT2D eigenvalue weighted by Gasteiger charge is 2.30. The fourth-order valence-electron chi connectivity index (χ4n) is 3.32. The maximum absolute atomic E-state index is 13.0. The van der Waals surface area contributed by atoms with Gasteiger partial charge in [0.15, 0.2) is 5.78 Å². The molecule has 0 unspecified atom stereocenters. The van der Waals surface area contributed by atoms with E-state index in [4.69, 9.17) is 0 Å². The maximum Gasteiger partial charge on any atom is 0.223 e. The molecule has 1 saturated heterocycles. The second-order valence-electron chi connectivity index (χ2n) is 6.71. The number of carbonyl (C=O) groups excluding carboxylic acids is 2. The molecule has 2 aromatic rings. The molecule has 0 aromatic heterocycles. The van der Waals surface area contributed by atoms with Crippen molar-refractivity contribution in [1.29, 1.82) is 0 Å². The molecule has 0 N–H and O–H groups in total. The van der Waals surface area contributed by atoms with Crippen LogP contribution in [-0.4, -0.2) is 48.2 Å². The number of hydrogen-bond acceptors (Lipinski definition) is 3. The van der Waals surface area contributed by atoms with Gasteiger partial charge in [-0.1, -0.05) is 30.3 Å². The highest BCUT2D eigenvalue weighted by atomic mass is 19.1. The number of benzene rings is 2. The highest BCUT2D eigenvalue weighted by Crippen LogP contribution is 2.26. The van der Waals surface area contributed by atoms with Gasteiger partial charge in [0.2, 0.25) is 5.91 Å². The Bertz CT molecular complexity index is 761. The molecule has 4 nitrogen and oxygen atoms in total. The van der Waals surface area contributed by atoms with Crippen molar-refractivity contribution >= 4 is 11.7 Å². The van der Waals surface area contributed by atoms with Gasteiger partial charge in [0, 0.05) is 38.0 Å². The predicted molar refractivity (Wildman–Crippen MR) is 98.4 cm³/mol. The summed E-state index contributed by atoms with van der Waals surface area (Å²) in [5.74, 6) is -0.521. The molecule has 5 heteroatoms. The van der Waals surface area contributed by atoms with E-state index in [-0.39, 0.29) is 36.4 Å². The van der Waals surface area contributed by atoms with Crippen LogP contribution in [0.3, 0.4) is 0 Å². The Morgan fingerprint density at radius 1 is 1.00 bits per heavy atom. The molecule has 0 bridgehead atoms. The first kappa shape index (κ1) is 18.3. The standard InChI is InChI=1S/C21H23FN2O2/c1-23-13-14-24(19(15-23)16-5-3-2-4-6-16)21(26)12-11-20(25)17-7-9-18(22)10-8-17/h2-10,19H,11-15H2,1H3/t19-/m1/s1. The molecule has 0 aliphatic carbocycles. The second kappa shape index (κ2) is 8.23. The van der Waals surface area contributed by atoms with Crippen LogP contribution < -0.4 is 0 Å². The van der Waals surface area contributed by atoms with E-state index in [1.54, 1.807) is 0 Å². The lowest BCUT2D eigenvalue weighted by Gasteiger charge is -2.40. The summed E-state index contributed by atoms with van der Waals surface area (Å²) in [5.41, 5.74) is 1.55. The molecule has 1 aliphatic heterocycles. The van der Waals surface area contributed by atoms with Crippen molar-refractivity contribution < 1.29 is 14.0 Å². The number of likely N-dealkylation sites (N-methyl/N-ethyl adjacent to an activating group) is 1. The molecule has 0 spiro atoms. The fraction of sp³-hybridized carbons (Fsp3) is 0.333. The van der Waals surface area contributed by atoms with E-state index in [2.05, 4.69) is 11.9 Å². The number of halogens is 1. The van der Waals surface area contributed by atoms with Crippen molar-refractivity contribution in [3.05, 3.63) is 71.5 Å². The average Bonchev–Trinajstić information content (AvgIpc) is 2.67. The zero-order valence-electron chi connectivity index (χ0n) is 14.9. The molecule has 3 rings (SSSR count). The van der Waals surface area contributed by atoms with Gasteiger partial charge in [-0.2, -0.15) is 0 Å². The van der Waals surface area contributed by atoms with Crippen LogP contribution in [-0.2, 0) is 4.79 Å². The van der Waals surface area contributed by atoms with Gasteiger partial charge in [-0.05, 0) is 36.9 Å². The van der Waals surface area contributed by atoms with Crippen LogP contribution in [0.5, 0.6) is 0 Å². The first-order valence-electron chi connectivity index (χ1n) is 8.86. The summed E-state index contributed by atoms with van der Waals surface area (Å²) in [6.07, 6.45) is 0.307. The first-order chi connectivity index (χ1) is 12.5. The van der Waals surface area contributed by atoms with E-state index in [1.165, 1.54) is 24.3 Å². The molecule has 1 aliphatic rings. The van der Waals surface area contributed by atoms with Gasteiger partial charge < -0.3 is 9.80 Å². The Morgan fingerprint density at radius 2 is 1.69 bits per heavy atom. The third-order valence-corrected chi connectivity index (χ3v) is 4.82. The zero-order valence-corrected chi connectivity index (χ0v) is 14.9. The lowest BCUT2D eigenvalue weighted by Crippen LogP contribution is -2.49. The Hall–Kier alpha value is -2.53. The monoisotopic (exact) mass is 354 g/mol. The van der Waals surface area contributed by atoms with Crippen LogP contribution in [0, 0.1) is 5.82 Å². The lowest BCUT2D eigenvalue weighted by atomic mass is 10.0. The van der Waals surface area contributed by atoms with Gasteiger partial charge in [-0.25, -0.2) is 4.39 Å². The number of carbonyl (C=O) groups is 2. The summed E-state index contributed by atoms with van der Waals surface area (Å²) >= 11 is 0. The van der Waals surface area contributed by atoms with Crippen molar-refractivity contribution in [2.75, 3.05) is 26.7 Å². The molecule has 0 radical (unpaired) electrons. The number of amides is 1. The van der Waals surface area contributed by atoms with Gasteiger partial charge in [0.25, 0.3) is 0 Å². The Kier molecular flexibility index (Phi) is 5.78. The molecular weight excluding hydrogens is 331 g/mol. The molecule has 1 amide bonds. The Morgan fingerprint density at radius 3 is 2.38 bits per heavy atom. The van der Waals surface area contributed by atoms with Crippen LogP contribution >= 0.6 is 0 Å². The van der Waals surface area contributed by atoms with E-state index in [0.717, 1.165) is 18.7 Å². The van der Waals surface area contributed by atoms with Gasteiger partial charge in [-0.15, -0.1) is 0 Å². The zero-order chi connectivity index (χ0) is 18.5. The number of Topliss-reactive ketones (excluding diaryl/α,β-unsaturated/α-hetero) is 1. The summed E-state index contributed by atoms with van der Waals surface area (Å²) in [6, 6.07) is 15.4. The van der Waals surface area contributed by atoms with Crippen molar-refractivity contribution in [1.82, 2.24) is 9.80 Å². The molecule has 0 saturated carbocycles. The topological polar surface area (TPSA) is 40.6 Å². The minimum absolute atomic E-state index is 0.00312. The van der Waals surface area contributed by atoms with Crippen molar-refractivity contribution in [3.8, 4) is 0 Å². The van der Waals surface area contributed by atoms with E-state index in [9.17, 15) is 14.0 Å². The summed E-state index contributed by atoms with van der Waals surface area (Å²) in [6.45, 7) is 2.25. The molecular formula is C21H23FN2O2. The van der Waals surface area contributed by atoms with E-state index in [0.29, 0.717) is 12.1 Å².